The number of aromatic amines is 1. The molecule has 3 rings (SSSR count). The number of hydrogen-bond donors (Lipinski definition) is 3. The number of phenols is 1. The molecule has 6 heteroatoms. The molecule has 0 amide bonds. The molecule has 6 nitrogen and oxygen atoms in total. The first-order chi connectivity index (χ1) is 11.0. The van der Waals surface area contributed by atoms with Crippen molar-refractivity contribution in [3.05, 3.63) is 42.0 Å². The molecule has 0 spiro atoms. The van der Waals surface area contributed by atoms with E-state index in [4.69, 9.17) is 9.47 Å². The van der Waals surface area contributed by atoms with Gasteiger partial charge in [0.25, 0.3) is 0 Å². The highest BCUT2D eigenvalue weighted by Gasteiger charge is 2.18. The lowest BCUT2D eigenvalue weighted by atomic mass is 10.0. The lowest BCUT2D eigenvalue weighted by Gasteiger charge is -2.12. The van der Waals surface area contributed by atoms with Crippen LogP contribution >= 0.6 is 0 Å². The fraction of sp³-hybridized carbons (Fsp3) is 0.118. The Morgan fingerprint density at radius 1 is 1.04 bits per heavy atom. The highest BCUT2D eigenvalue weighted by atomic mass is 16.5. The van der Waals surface area contributed by atoms with E-state index in [1.807, 2.05) is 0 Å². The van der Waals surface area contributed by atoms with Crippen molar-refractivity contribution in [3.63, 3.8) is 0 Å². The van der Waals surface area contributed by atoms with Gasteiger partial charge in [0.2, 0.25) is 0 Å². The molecule has 1 aromatic heterocycles. The van der Waals surface area contributed by atoms with Gasteiger partial charge in [-0.15, -0.1) is 0 Å². The molecule has 0 aliphatic rings. The summed E-state index contributed by atoms with van der Waals surface area (Å²) in [6, 6.07) is 9.73. The number of methoxy groups -OCH3 is 2. The van der Waals surface area contributed by atoms with Crippen LogP contribution in [0, 0.1) is 0 Å². The minimum absolute atomic E-state index is 0.0958. The van der Waals surface area contributed by atoms with Crippen LogP contribution in [0.4, 0.5) is 0 Å². The maximum atomic E-state index is 11.6. The molecule has 0 saturated carbocycles. The Kier molecular flexibility index (Phi) is 3.57. The fourth-order valence-corrected chi connectivity index (χ4v) is 2.54. The van der Waals surface area contributed by atoms with Crippen molar-refractivity contribution in [3.8, 4) is 28.5 Å². The first-order valence-corrected chi connectivity index (χ1v) is 6.85. The average Bonchev–Trinajstić information content (AvgIpc) is 2.96. The lowest BCUT2D eigenvalue weighted by molar-refractivity contribution is 0.0697. The smallest absolute Gasteiger partial charge is 0.336 e. The summed E-state index contributed by atoms with van der Waals surface area (Å²) < 4.78 is 10.4. The second-order valence-corrected chi connectivity index (χ2v) is 5.01. The zero-order valence-electron chi connectivity index (χ0n) is 12.6. The van der Waals surface area contributed by atoms with Crippen molar-refractivity contribution < 1.29 is 24.5 Å². The van der Waals surface area contributed by atoms with E-state index >= 15 is 0 Å². The number of fused-ring (bicyclic) bond motifs is 1. The van der Waals surface area contributed by atoms with Crippen molar-refractivity contribution in [2.45, 2.75) is 0 Å². The number of aromatic hydroxyl groups is 1. The minimum Gasteiger partial charge on any atom is -0.508 e. The summed E-state index contributed by atoms with van der Waals surface area (Å²) in [5.41, 5.74) is 1.98. The Labute approximate surface area is 131 Å². The molecule has 3 N–H and O–H groups in total. The normalized spacial score (nSPS) is 10.7. The second kappa shape index (κ2) is 5.57. The van der Waals surface area contributed by atoms with Gasteiger partial charge in [0, 0.05) is 22.2 Å². The van der Waals surface area contributed by atoms with Gasteiger partial charge >= 0.3 is 5.97 Å². The van der Waals surface area contributed by atoms with Gasteiger partial charge in [0.15, 0.2) is 11.5 Å². The van der Waals surface area contributed by atoms with Crippen LogP contribution < -0.4 is 9.47 Å². The van der Waals surface area contributed by atoms with Crippen LogP contribution in [0.3, 0.4) is 0 Å². The Morgan fingerprint density at radius 2 is 1.74 bits per heavy atom. The molecule has 1 heterocycles. The molecular formula is C17H15NO5. The van der Waals surface area contributed by atoms with E-state index < -0.39 is 5.97 Å². The maximum absolute atomic E-state index is 11.6. The lowest BCUT2D eigenvalue weighted by Crippen LogP contribution is -2.02. The highest BCUT2D eigenvalue weighted by Crippen LogP contribution is 2.36. The number of carboxylic acid groups (broad SMARTS) is 1. The van der Waals surface area contributed by atoms with Crippen molar-refractivity contribution >= 4 is 16.9 Å². The van der Waals surface area contributed by atoms with Crippen LogP contribution in [0.1, 0.15) is 10.4 Å². The van der Waals surface area contributed by atoms with Crippen LogP contribution in [-0.2, 0) is 0 Å². The molecule has 2 aromatic carbocycles. The summed E-state index contributed by atoms with van der Waals surface area (Å²) in [5, 5.41) is 19.8. The van der Waals surface area contributed by atoms with Crippen LogP contribution in [0.5, 0.6) is 17.2 Å². The van der Waals surface area contributed by atoms with Gasteiger partial charge in [0.05, 0.1) is 19.8 Å². The number of carboxylic acids is 1. The van der Waals surface area contributed by atoms with Crippen molar-refractivity contribution in [2.24, 2.45) is 0 Å². The molecule has 0 radical (unpaired) electrons. The molecule has 23 heavy (non-hydrogen) atoms. The number of aromatic nitrogens is 1. The predicted octanol–water partition coefficient (Wildman–Crippen LogP) is 3.26. The van der Waals surface area contributed by atoms with Gasteiger partial charge in [-0.2, -0.15) is 0 Å². The SMILES string of the molecule is COc1cc(C(=O)O)c(-c2cc3cc(O)ccc3[nH]2)cc1OC. The van der Waals surface area contributed by atoms with Gasteiger partial charge in [0.1, 0.15) is 5.75 Å². The van der Waals surface area contributed by atoms with Gasteiger partial charge in [-0.1, -0.05) is 0 Å². The Morgan fingerprint density at radius 3 is 2.39 bits per heavy atom. The number of ether oxygens (including phenoxy) is 2. The van der Waals surface area contributed by atoms with Gasteiger partial charge in [-0.3, -0.25) is 0 Å². The zero-order chi connectivity index (χ0) is 16.6. The number of hydrogen-bond acceptors (Lipinski definition) is 4. The summed E-state index contributed by atoms with van der Waals surface area (Å²) in [7, 11) is 2.94. The third-order valence-corrected chi connectivity index (χ3v) is 3.65. The molecule has 0 unspecified atom stereocenters. The summed E-state index contributed by atoms with van der Waals surface area (Å²) in [5.74, 6) is -0.132. The number of carbonyl (C=O) groups is 1. The van der Waals surface area contributed by atoms with Gasteiger partial charge in [-0.25, -0.2) is 4.79 Å². The Hall–Kier alpha value is -3.15. The third-order valence-electron chi connectivity index (χ3n) is 3.65. The van der Waals surface area contributed by atoms with E-state index in [2.05, 4.69) is 4.98 Å². The Bertz CT molecular complexity index is 897. The average molecular weight is 313 g/mol. The van der Waals surface area contributed by atoms with Crippen molar-refractivity contribution in [2.75, 3.05) is 14.2 Å². The second-order valence-electron chi connectivity index (χ2n) is 5.01. The first-order valence-electron chi connectivity index (χ1n) is 6.85. The topological polar surface area (TPSA) is 91.8 Å². The molecule has 0 fully saturated rings. The monoisotopic (exact) mass is 313 g/mol. The number of aromatic carboxylic acids is 1. The first kappa shape index (κ1) is 14.8. The zero-order valence-corrected chi connectivity index (χ0v) is 12.6. The number of phenolic OH excluding ortho intramolecular Hbond substituents is 1. The van der Waals surface area contributed by atoms with Crippen LogP contribution in [0.25, 0.3) is 22.2 Å². The standard InChI is InChI=1S/C17H15NO5/c1-22-15-7-11(12(17(20)21)8-16(15)23-2)14-6-9-5-10(19)3-4-13(9)18-14/h3-8,18-19H,1-2H3,(H,20,21). The number of rotatable bonds is 4. The van der Waals surface area contributed by atoms with E-state index in [1.54, 1.807) is 30.3 Å². The van der Waals surface area contributed by atoms with E-state index in [0.29, 0.717) is 22.8 Å². The summed E-state index contributed by atoms with van der Waals surface area (Å²) in [6.07, 6.45) is 0. The quantitative estimate of drug-likeness (QED) is 0.687. The molecule has 0 aliphatic heterocycles. The molecule has 0 atom stereocenters. The maximum Gasteiger partial charge on any atom is 0.336 e. The molecule has 0 bridgehead atoms. The largest absolute Gasteiger partial charge is 0.508 e. The predicted molar refractivity (Wildman–Crippen MR) is 85.5 cm³/mol. The van der Waals surface area contributed by atoms with E-state index in [0.717, 1.165) is 10.9 Å². The number of benzene rings is 2. The van der Waals surface area contributed by atoms with Gasteiger partial charge in [-0.05, 0) is 36.4 Å². The van der Waals surface area contributed by atoms with Gasteiger partial charge < -0.3 is 24.7 Å². The minimum atomic E-state index is -1.07. The van der Waals surface area contributed by atoms with Crippen LogP contribution in [0.15, 0.2) is 36.4 Å². The van der Waals surface area contributed by atoms with Crippen molar-refractivity contribution in [1.82, 2.24) is 4.98 Å². The molecule has 118 valence electrons. The van der Waals surface area contributed by atoms with E-state index in [9.17, 15) is 15.0 Å². The molecule has 0 aliphatic carbocycles. The number of H-pyrrole nitrogens is 1. The van der Waals surface area contributed by atoms with Crippen LogP contribution in [-0.4, -0.2) is 35.4 Å². The highest BCUT2D eigenvalue weighted by molar-refractivity contribution is 5.98. The van der Waals surface area contributed by atoms with E-state index in [1.165, 1.54) is 20.3 Å². The molecule has 3 aromatic rings. The van der Waals surface area contributed by atoms with E-state index in [-0.39, 0.29) is 11.3 Å². The molecular weight excluding hydrogens is 298 g/mol. The van der Waals surface area contributed by atoms with Crippen LogP contribution in [0.2, 0.25) is 0 Å². The Balaban J connectivity index is 2.25. The molecule has 0 saturated heterocycles. The number of nitrogens with one attached hydrogen (secondary N) is 1. The van der Waals surface area contributed by atoms with Crippen molar-refractivity contribution in [1.29, 1.82) is 0 Å². The summed E-state index contributed by atoms with van der Waals surface area (Å²) in [6.45, 7) is 0. The summed E-state index contributed by atoms with van der Waals surface area (Å²) >= 11 is 0. The third kappa shape index (κ3) is 2.55. The fourth-order valence-electron chi connectivity index (χ4n) is 2.54. The summed E-state index contributed by atoms with van der Waals surface area (Å²) in [4.78, 5) is 14.7.